The van der Waals surface area contributed by atoms with Gasteiger partial charge in [-0.3, -0.25) is 4.90 Å². The fraction of sp³-hybridized carbons (Fsp3) is 0.625. The van der Waals surface area contributed by atoms with Gasteiger partial charge in [-0.15, -0.1) is 0 Å². The fourth-order valence-electron chi connectivity index (χ4n) is 3.35. The summed E-state index contributed by atoms with van der Waals surface area (Å²) < 4.78 is 12.9. The van der Waals surface area contributed by atoms with Crippen LogP contribution >= 0.6 is 0 Å². The second-order valence-corrected chi connectivity index (χ2v) is 6.11. The summed E-state index contributed by atoms with van der Waals surface area (Å²) in [5.74, 6) is 0.569. The van der Waals surface area contributed by atoms with E-state index in [1.54, 1.807) is 0 Å². The molecule has 1 fully saturated rings. The van der Waals surface area contributed by atoms with Gasteiger partial charge < -0.3 is 5.73 Å². The predicted molar refractivity (Wildman–Crippen MR) is 77.3 cm³/mol. The average Bonchev–Trinajstić information content (AvgIpc) is 2.41. The Hall–Kier alpha value is -0.930. The van der Waals surface area contributed by atoms with Gasteiger partial charge in [0.15, 0.2) is 0 Å². The van der Waals surface area contributed by atoms with E-state index in [9.17, 15) is 4.39 Å². The Balaban J connectivity index is 2.08. The third kappa shape index (κ3) is 3.34. The zero-order valence-corrected chi connectivity index (χ0v) is 12.0. The summed E-state index contributed by atoms with van der Waals surface area (Å²) in [6.45, 7) is 3.86. The van der Waals surface area contributed by atoms with E-state index in [1.807, 2.05) is 12.1 Å². The maximum Gasteiger partial charge on any atom is 0.123 e. The van der Waals surface area contributed by atoms with Crippen molar-refractivity contribution in [2.45, 2.75) is 44.7 Å². The molecule has 0 bridgehead atoms. The molecule has 0 aliphatic heterocycles. The summed E-state index contributed by atoms with van der Waals surface area (Å²) in [6.07, 6.45) is 4.91. The van der Waals surface area contributed by atoms with Gasteiger partial charge in [0.05, 0.1) is 0 Å². The molecule has 2 unspecified atom stereocenters. The van der Waals surface area contributed by atoms with E-state index in [0.717, 1.165) is 18.0 Å². The lowest BCUT2D eigenvalue weighted by atomic mass is 9.75. The van der Waals surface area contributed by atoms with Crippen molar-refractivity contribution in [3.05, 3.63) is 35.6 Å². The van der Waals surface area contributed by atoms with Gasteiger partial charge >= 0.3 is 0 Å². The number of nitrogens with two attached hydrogens (primary N) is 1. The van der Waals surface area contributed by atoms with Crippen LogP contribution in [-0.2, 0) is 6.54 Å². The second-order valence-electron chi connectivity index (χ2n) is 6.11. The smallest absolute Gasteiger partial charge is 0.123 e. The fourth-order valence-corrected chi connectivity index (χ4v) is 3.35. The van der Waals surface area contributed by atoms with Crippen molar-refractivity contribution in [3.8, 4) is 0 Å². The summed E-state index contributed by atoms with van der Waals surface area (Å²) in [7, 11) is 2.15. The Morgan fingerprint density at radius 2 is 2.05 bits per heavy atom. The quantitative estimate of drug-likeness (QED) is 0.905. The number of nitrogens with zero attached hydrogens (tertiary/aromatic N) is 1. The largest absolute Gasteiger partial charge is 0.329 e. The molecule has 0 heterocycles. The van der Waals surface area contributed by atoms with E-state index < -0.39 is 0 Å². The molecule has 2 atom stereocenters. The van der Waals surface area contributed by atoms with Crippen LogP contribution in [0.1, 0.15) is 38.2 Å². The summed E-state index contributed by atoms with van der Waals surface area (Å²) in [5.41, 5.74) is 7.34. The summed E-state index contributed by atoms with van der Waals surface area (Å²) in [5, 5.41) is 0. The minimum Gasteiger partial charge on any atom is -0.329 e. The van der Waals surface area contributed by atoms with Crippen LogP contribution < -0.4 is 5.73 Å². The minimum atomic E-state index is -0.175. The van der Waals surface area contributed by atoms with Gasteiger partial charge in [-0.2, -0.15) is 0 Å². The van der Waals surface area contributed by atoms with E-state index in [4.69, 9.17) is 5.73 Å². The van der Waals surface area contributed by atoms with Crippen LogP contribution in [-0.4, -0.2) is 24.0 Å². The van der Waals surface area contributed by atoms with Gasteiger partial charge in [0.2, 0.25) is 0 Å². The Kier molecular flexibility index (Phi) is 4.58. The first-order valence-electron chi connectivity index (χ1n) is 7.21. The lowest BCUT2D eigenvalue weighted by Gasteiger charge is -2.46. The van der Waals surface area contributed by atoms with E-state index >= 15 is 0 Å². The summed E-state index contributed by atoms with van der Waals surface area (Å²) in [6, 6.07) is 6.79. The standard InChI is InChI=1S/C16H25FN2/c1-13-4-3-9-16(10-13,12-18)19(2)11-14-5-7-15(17)8-6-14/h5-8,13H,3-4,9-12,18H2,1-2H3. The average molecular weight is 264 g/mol. The molecule has 2 nitrogen and oxygen atoms in total. The molecule has 0 aromatic heterocycles. The van der Waals surface area contributed by atoms with Crippen LogP contribution in [0.5, 0.6) is 0 Å². The van der Waals surface area contributed by atoms with Gasteiger partial charge in [0, 0.05) is 18.6 Å². The van der Waals surface area contributed by atoms with E-state index in [1.165, 1.54) is 37.8 Å². The molecule has 19 heavy (non-hydrogen) atoms. The molecular formula is C16H25FN2. The van der Waals surface area contributed by atoms with Gasteiger partial charge in [-0.05, 0) is 43.5 Å². The third-order valence-corrected chi connectivity index (χ3v) is 4.59. The first-order chi connectivity index (χ1) is 9.05. The molecule has 0 saturated heterocycles. The molecule has 1 aliphatic rings. The molecule has 106 valence electrons. The van der Waals surface area contributed by atoms with Crippen molar-refractivity contribution in [1.29, 1.82) is 0 Å². The second kappa shape index (κ2) is 6.02. The number of hydrogen-bond acceptors (Lipinski definition) is 2. The molecule has 0 spiro atoms. The topological polar surface area (TPSA) is 29.3 Å². The van der Waals surface area contributed by atoms with Gasteiger partial charge in [0.1, 0.15) is 5.82 Å². The highest BCUT2D eigenvalue weighted by molar-refractivity contribution is 5.16. The van der Waals surface area contributed by atoms with Crippen LogP contribution in [0, 0.1) is 11.7 Å². The Morgan fingerprint density at radius 3 is 2.63 bits per heavy atom. The monoisotopic (exact) mass is 264 g/mol. The molecule has 0 amide bonds. The maximum atomic E-state index is 12.9. The summed E-state index contributed by atoms with van der Waals surface area (Å²) >= 11 is 0. The van der Waals surface area contributed by atoms with Crippen molar-refractivity contribution in [2.24, 2.45) is 11.7 Å². The van der Waals surface area contributed by atoms with Crippen molar-refractivity contribution in [1.82, 2.24) is 4.90 Å². The van der Waals surface area contributed by atoms with Crippen molar-refractivity contribution in [2.75, 3.05) is 13.6 Å². The van der Waals surface area contributed by atoms with Crippen molar-refractivity contribution in [3.63, 3.8) is 0 Å². The number of hydrogen-bond donors (Lipinski definition) is 1. The van der Waals surface area contributed by atoms with Crippen molar-refractivity contribution >= 4 is 0 Å². The molecule has 2 N–H and O–H groups in total. The highest BCUT2D eigenvalue weighted by Crippen LogP contribution is 2.36. The first kappa shape index (κ1) is 14.5. The zero-order valence-electron chi connectivity index (χ0n) is 12.0. The first-order valence-corrected chi connectivity index (χ1v) is 7.21. The molecule has 2 rings (SSSR count). The number of likely N-dealkylation sites (N-methyl/N-ethyl adjacent to an activating group) is 1. The van der Waals surface area contributed by atoms with Gasteiger partial charge in [-0.1, -0.05) is 31.9 Å². The van der Waals surface area contributed by atoms with E-state index in [-0.39, 0.29) is 11.4 Å². The Bertz CT molecular complexity index is 404. The molecule has 1 aliphatic carbocycles. The lowest BCUT2D eigenvalue weighted by molar-refractivity contribution is 0.0554. The maximum absolute atomic E-state index is 12.9. The van der Waals surface area contributed by atoms with E-state index in [2.05, 4.69) is 18.9 Å². The number of benzene rings is 1. The van der Waals surface area contributed by atoms with E-state index in [0.29, 0.717) is 6.54 Å². The third-order valence-electron chi connectivity index (χ3n) is 4.59. The molecule has 1 saturated carbocycles. The number of halogens is 1. The van der Waals surface area contributed by atoms with Gasteiger partial charge in [0.25, 0.3) is 0 Å². The number of rotatable bonds is 4. The molecular weight excluding hydrogens is 239 g/mol. The molecule has 0 radical (unpaired) electrons. The highest BCUT2D eigenvalue weighted by atomic mass is 19.1. The lowest BCUT2D eigenvalue weighted by Crippen LogP contribution is -2.54. The van der Waals surface area contributed by atoms with Gasteiger partial charge in [-0.25, -0.2) is 4.39 Å². The van der Waals surface area contributed by atoms with Crippen molar-refractivity contribution < 1.29 is 4.39 Å². The Labute approximate surface area is 115 Å². The van der Waals surface area contributed by atoms with Crippen LogP contribution in [0.3, 0.4) is 0 Å². The summed E-state index contributed by atoms with van der Waals surface area (Å²) in [4.78, 5) is 2.37. The predicted octanol–water partition coefficient (Wildman–Crippen LogP) is 3.17. The molecule has 3 heteroatoms. The van der Waals surface area contributed by atoms with Crippen LogP contribution in [0.4, 0.5) is 4.39 Å². The minimum absolute atomic E-state index is 0.117. The van der Waals surface area contributed by atoms with Crippen LogP contribution in [0.15, 0.2) is 24.3 Å². The SMILES string of the molecule is CC1CCCC(CN)(N(C)Cc2ccc(F)cc2)C1. The molecule has 1 aromatic carbocycles. The normalized spacial score (nSPS) is 27.7. The zero-order chi connectivity index (χ0) is 13.9. The Morgan fingerprint density at radius 1 is 1.37 bits per heavy atom. The molecule has 1 aromatic rings. The van der Waals surface area contributed by atoms with Crippen LogP contribution in [0.2, 0.25) is 0 Å². The van der Waals surface area contributed by atoms with Crippen LogP contribution in [0.25, 0.3) is 0 Å². The highest BCUT2D eigenvalue weighted by Gasteiger charge is 2.37.